The molecule has 0 aliphatic rings. The van der Waals surface area contributed by atoms with Gasteiger partial charge < -0.3 is 19.0 Å². The molecule has 3 rings (SSSR count). The smallest absolute Gasteiger partial charge is 0.235 e. The highest BCUT2D eigenvalue weighted by Gasteiger charge is 2.18. The van der Waals surface area contributed by atoms with Crippen LogP contribution < -0.4 is 14.9 Å². The lowest BCUT2D eigenvalue weighted by Gasteiger charge is -2.23. The summed E-state index contributed by atoms with van der Waals surface area (Å²) in [5.74, 6) is 1.45. The van der Waals surface area contributed by atoms with E-state index in [-0.39, 0.29) is 16.9 Å². The Hall–Kier alpha value is -2.99. The highest BCUT2D eigenvalue weighted by atomic mass is 16.5. The summed E-state index contributed by atoms with van der Waals surface area (Å²) in [6.45, 7) is 6.74. The Morgan fingerprint density at radius 3 is 2.23 bits per heavy atom. The molecule has 0 atom stereocenters. The molecule has 0 amide bonds. The third-order valence-electron chi connectivity index (χ3n) is 5.31. The molecule has 1 aromatic heterocycles. The van der Waals surface area contributed by atoms with Gasteiger partial charge in [0, 0.05) is 6.54 Å². The number of rotatable bonds is 11. The second kappa shape index (κ2) is 10.9. The molecule has 1 heterocycles. The molecule has 1 N–H and O–H groups in total. The number of fused-ring (bicyclic) bond motifs is 1. The van der Waals surface area contributed by atoms with E-state index >= 15 is 0 Å². The number of phenols is 1. The molecule has 0 bridgehead atoms. The third kappa shape index (κ3) is 5.58. The van der Waals surface area contributed by atoms with Gasteiger partial charge in [-0.2, -0.15) is 0 Å². The number of aromatic hydroxyl groups is 1. The maximum absolute atomic E-state index is 13.0. The fraction of sp³-hybridized carbons (Fsp3) is 0.400. The maximum Gasteiger partial charge on any atom is 0.235 e. The third-order valence-corrected chi connectivity index (χ3v) is 5.31. The molecule has 6 heteroatoms. The minimum atomic E-state index is -0.271. The predicted molar refractivity (Wildman–Crippen MR) is 122 cm³/mol. The zero-order valence-electron chi connectivity index (χ0n) is 18.5. The van der Waals surface area contributed by atoms with Crippen molar-refractivity contribution in [3.05, 3.63) is 58.4 Å². The number of nitrogens with zero attached hydrogens (tertiary/aromatic N) is 1. The first-order valence-corrected chi connectivity index (χ1v) is 10.9. The topological polar surface area (TPSA) is 72.1 Å². The van der Waals surface area contributed by atoms with Crippen LogP contribution in [0.5, 0.6) is 23.0 Å². The Kier molecular flexibility index (Phi) is 7.95. The van der Waals surface area contributed by atoms with Crippen molar-refractivity contribution in [3.63, 3.8) is 0 Å². The quantitative estimate of drug-likeness (QED) is 0.425. The van der Waals surface area contributed by atoms with Crippen molar-refractivity contribution in [2.24, 2.45) is 0 Å². The van der Waals surface area contributed by atoms with Crippen molar-refractivity contribution in [1.82, 2.24) is 4.90 Å². The summed E-state index contributed by atoms with van der Waals surface area (Å²) >= 11 is 0. The van der Waals surface area contributed by atoms with Gasteiger partial charge in [-0.15, -0.1) is 0 Å². The Balaban J connectivity index is 1.91. The SMILES string of the molecule is CCCCN(CCCC)Cc1c(O)ccc2c(=O)c(Oc3ccc(OC)cc3)coc12. The molecule has 0 unspecified atom stereocenters. The summed E-state index contributed by atoms with van der Waals surface area (Å²) in [6, 6.07) is 10.1. The molecule has 6 nitrogen and oxygen atoms in total. The zero-order valence-corrected chi connectivity index (χ0v) is 18.5. The molecule has 0 saturated heterocycles. The van der Waals surface area contributed by atoms with Crippen LogP contribution in [-0.2, 0) is 6.54 Å². The minimum Gasteiger partial charge on any atom is -0.507 e. The van der Waals surface area contributed by atoms with Crippen LogP contribution >= 0.6 is 0 Å². The summed E-state index contributed by atoms with van der Waals surface area (Å²) in [5.41, 5.74) is 0.773. The van der Waals surface area contributed by atoms with Crippen molar-refractivity contribution in [2.45, 2.75) is 46.1 Å². The first-order chi connectivity index (χ1) is 15.1. The van der Waals surface area contributed by atoms with Gasteiger partial charge >= 0.3 is 0 Å². The Morgan fingerprint density at radius 1 is 0.968 bits per heavy atom. The summed E-state index contributed by atoms with van der Waals surface area (Å²) in [6.07, 6.45) is 5.69. The lowest BCUT2D eigenvalue weighted by atomic mass is 10.1. The predicted octanol–water partition coefficient (Wildman–Crippen LogP) is 5.70. The van der Waals surface area contributed by atoms with Crippen LogP contribution in [-0.4, -0.2) is 30.2 Å². The second-order valence-corrected chi connectivity index (χ2v) is 7.63. The van der Waals surface area contributed by atoms with Gasteiger partial charge in [-0.25, -0.2) is 0 Å². The molecule has 2 aromatic carbocycles. The van der Waals surface area contributed by atoms with E-state index in [0.717, 1.165) is 38.8 Å². The van der Waals surface area contributed by atoms with Crippen LogP contribution in [0.3, 0.4) is 0 Å². The fourth-order valence-corrected chi connectivity index (χ4v) is 3.48. The molecule has 0 aliphatic heterocycles. The Bertz CT molecular complexity index is 1030. The van der Waals surface area contributed by atoms with Crippen LogP contribution in [0.4, 0.5) is 0 Å². The lowest BCUT2D eigenvalue weighted by Crippen LogP contribution is -2.26. The van der Waals surface area contributed by atoms with Gasteiger partial charge in [0.15, 0.2) is 0 Å². The second-order valence-electron chi connectivity index (χ2n) is 7.63. The number of phenolic OH excluding ortho intramolecular Hbond substituents is 1. The average molecular weight is 426 g/mol. The van der Waals surface area contributed by atoms with Gasteiger partial charge in [0.25, 0.3) is 0 Å². The molecule has 3 aromatic rings. The summed E-state index contributed by atoms with van der Waals surface area (Å²) in [7, 11) is 1.59. The maximum atomic E-state index is 13.0. The lowest BCUT2D eigenvalue weighted by molar-refractivity contribution is 0.253. The van der Waals surface area contributed by atoms with Crippen LogP contribution in [0, 0.1) is 0 Å². The monoisotopic (exact) mass is 425 g/mol. The van der Waals surface area contributed by atoms with Crippen molar-refractivity contribution >= 4 is 11.0 Å². The van der Waals surface area contributed by atoms with E-state index in [9.17, 15) is 9.90 Å². The van der Waals surface area contributed by atoms with Crippen molar-refractivity contribution in [1.29, 1.82) is 0 Å². The number of ether oxygens (including phenoxy) is 2. The molecule has 31 heavy (non-hydrogen) atoms. The first-order valence-electron chi connectivity index (χ1n) is 10.9. The van der Waals surface area contributed by atoms with Crippen LogP contribution in [0.25, 0.3) is 11.0 Å². The van der Waals surface area contributed by atoms with E-state index in [1.165, 1.54) is 6.26 Å². The summed E-state index contributed by atoms with van der Waals surface area (Å²) < 4.78 is 16.7. The highest BCUT2D eigenvalue weighted by molar-refractivity contribution is 5.83. The number of hydrogen-bond donors (Lipinski definition) is 1. The van der Waals surface area contributed by atoms with E-state index in [1.807, 2.05) is 0 Å². The average Bonchev–Trinajstić information content (AvgIpc) is 2.79. The standard InChI is InChI=1S/C25H31NO5/c1-4-6-14-26(15-7-5-2)16-21-22(27)13-12-20-24(28)23(17-30-25(20)21)31-19-10-8-18(29-3)9-11-19/h8-13,17,27H,4-7,14-16H2,1-3H3. The van der Waals surface area contributed by atoms with E-state index < -0.39 is 0 Å². The fourth-order valence-electron chi connectivity index (χ4n) is 3.48. The normalized spacial score (nSPS) is 11.2. The minimum absolute atomic E-state index is 0.100. The number of methoxy groups -OCH3 is 1. The number of unbranched alkanes of at least 4 members (excludes halogenated alkanes) is 2. The van der Waals surface area contributed by atoms with Gasteiger partial charge in [0.1, 0.15) is 29.1 Å². The van der Waals surface area contributed by atoms with Crippen LogP contribution in [0.1, 0.15) is 45.1 Å². The van der Waals surface area contributed by atoms with Gasteiger partial charge in [-0.3, -0.25) is 9.69 Å². The van der Waals surface area contributed by atoms with E-state index in [1.54, 1.807) is 43.5 Å². The molecule has 166 valence electrons. The molecular formula is C25H31NO5. The van der Waals surface area contributed by atoms with E-state index in [0.29, 0.717) is 34.6 Å². The van der Waals surface area contributed by atoms with Crippen molar-refractivity contribution in [2.75, 3.05) is 20.2 Å². The largest absolute Gasteiger partial charge is 0.507 e. The molecule has 0 saturated carbocycles. The van der Waals surface area contributed by atoms with Crippen LogP contribution in [0.15, 0.2) is 51.9 Å². The Labute approximate surface area is 183 Å². The van der Waals surface area contributed by atoms with E-state index in [2.05, 4.69) is 18.7 Å². The van der Waals surface area contributed by atoms with Gasteiger partial charge in [0.05, 0.1) is 18.1 Å². The number of benzene rings is 2. The van der Waals surface area contributed by atoms with Gasteiger partial charge in [-0.1, -0.05) is 26.7 Å². The first kappa shape index (κ1) is 22.7. The molecule has 0 spiro atoms. The molecule has 0 aliphatic carbocycles. The van der Waals surface area contributed by atoms with E-state index in [4.69, 9.17) is 13.9 Å². The van der Waals surface area contributed by atoms with Crippen LogP contribution in [0.2, 0.25) is 0 Å². The van der Waals surface area contributed by atoms with Crippen molar-refractivity contribution in [3.8, 4) is 23.0 Å². The van der Waals surface area contributed by atoms with Gasteiger partial charge in [-0.05, 0) is 62.3 Å². The zero-order chi connectivity index (χ0) is 22.2. The number of hydrogen-bond acceptors (Lipinski definition) is 6. The molecular weight excluding hydrogens is 394 g/mol. The summed E-state index contributed by atoms with van der Waals surface area (Å²) in [5, 5.41) is 10.9. The molecule has 0 fully saturated rings. The molecule has 0 radical (unpaired) electrons. The highest BCUT2D eigenvalue weighted by Crippen LogP contribution is 2.30. The summed E-state index contributed by atoms with van der Waals surface area (Å²) in [4.78, 5) is 15.4. The van der Waals surface area contributed by atoms with Crippen molar-refractivity contribution < 1.29 is 19.0 Å². The van der Waals surface area contributed by atoms with Gasteiger partial charge in [0.2, 0.25) is 11.2 Å². The Morgan fingerprint density at radius 2 is 1.61 bits per heavy atom.